The molecule has 0 radical (unpaired) electrons. The van der Waals surface area contributed by atoms with Crippen molar-refractivity contribution in [3.05, 3.63) is 23.8 Å². The van der Waals surface area contributed by atoms with Gasteiger partial charge in [-0.05, 0) is 49.8 Å². The summed E-state index contributed by atoms with van der Waals surface area (Å²) < 4.78 is 1.30. The first-order valence-corrected chi connectivity index (χ1v) is 8.29. The number of nitrogens with zero attached hydrogens (tertiary/aromatic N) is 2. The molecule has 1 saturated heterocycles. The van der Waals surface area contributed by atoms with E-state index in [2.05, 4.69) is 30.0 Å². The Balaban J connectivity index is 1.74. The van der Waals surface area contributed by atoms with Crippen molar-refractivity contribution in [2.24, 2.45) is 5.92 Å². The maximum Gasteiger partial charge on any atom is 0.186 e. The van der Waals surface area contributed by atoms with Gasteiger partial charge in [0, 0.05) is 19.0 Å². The number of anilines is 1. The van der Waals surface area contributed by atoms with Crippen LogP contribution in [0.25, 0.3) is 10.2 Å². The summed E-state index contributed by atoms with van der Waals surface area (Å²) in [5.41, 5.74) is 2.44. The number of aryl methyl sites for hydroxylation is 1. The van der Waals surface area contributed by atoms with Gasteiger partial charge in [-0.15, -0.1) is 11.6 Å². The van der Waals surface area contributed by atoms with Gasteiger partial charge in [-0.25, -0.2) is 4.98 Å². The van der Waals surface area contributed by atoms with Crippen molar-refractivity contribution in [1.29, 1.82) is 0 Å². The maximum absolute atomic E-state index is 5.83. The molecule has 1 aliphatic rings. The quantitative estimate of drug-likeness (QED) is 0.778. The Morgan fingerprint density at radius 2 is 2.16 bits per heavy atom. The van der Waals surface area contributed by atoms with E-state index in [1.165, 1.54) is 28.2 Å². The van der Waals surface area contributed by atoms with Crippen LogP contribution in [-0.2, 0) is 0 Å². The summed E-state index contributed by atoms with van der Waals surface area (Å²) in [4.78, 5) is 7.20. The Bertz CT molecular complexity index is 558. The van der Waals surface area contributed by atoms with E-state index in [1.807, 2.05) is 11.3 Å². The lowest BCUT2D eigenvalue weighted by molar-refractivity contribution is 0.396. The lowest BCUT2D eigenvalue weighted by Crippen LogP contribution is -2.33. The van der Waals surface area contributed by atoms with Crippen molar-refractivity contribution < 1.29 is 0 Å². The van der Waals surface area contributed by atoms with Crippen LogP contribution in [-0.4, -0.2) is 24.0 Å². The number of hydrogen-bond acceptors (Lipinski definition) is 3. The largest absolute Gasteiger partial charge is 0.348 e. The summed E-state index contributed by atoms with van der Waals surface area (Å²) in [6.45, 7) is 4.39. The second kappa shape index (κ2) is 5.68. The van der Waals surface area contributed by atoms with Gasteiger partial charge in [-0.2, -0.15) is 0 Å². The van der Waals surface area contributed by atoms with Gasteiger partial charge in [-0.3, -0.25) is 0 Å². The van der Waals surface area contributed by atoms with Crippen LogP contribution in [0.15, 0.2) is 18.2 Å². The van der Waals surface area contributed by atoms with E-state index in [1.54, 1.807) is 0 Å². The number of rotatable bonds is 3. The van der Waals surface area contributed by atoms with Crippen molar-refractivity contribution in [2.45, 2.75) is 26.2 Å². The molecule has 1 aromatic heterocycles. The van der Waals surface area contributed by atoms with Gasteiger partial charge in [0.2, 0.25) is 0 Å². The van der Waals surface area contributed by atoms with E-state index in [-0.39, 0.29) is 0 Å². The number of hydrogen-bond donors (Lipinski definition) is 0. The zero-order valence-corrected chi connectivity index (χ0v) is 12.8. The highest BCUT2D eigenvalue weighted by atomic mass is 35.5. The molecule has 4 heteroatoms. The molecular weight excluding hydrogens is 276 g/mol. The Hall–Kier alpha value is -0.800. The first-order chi connectivity index (χ1) is 9.26. The van der Waals surface area contributed by atoms with Crippen LogP contribution in [0.4, 0.5) is 5.13 Å². The lowest BCUT2D eigenvalue weighted by Gasteiger charge is -2.31. The van der Waals surface area contributed by atoms with Gasteiger partial charge in [0.05, 0.1) is 10.2 Å². The molecule has 0 unspecified atom stereocenters. The molecule has 1 fully saturated rings. The number of halogens is 1. The average Bonchev–Trinajstić information content (AvgIpc) is 2.83. The Morgan fingerprint density at radius 1 is 1.37 bits per heavy atom. The SMILES string of the molecule is Cc1ccc2nc(N3CCC(CCCl)CC3)sc2c1. The van der Waals surface area contributed by atoms with Crippen molar-refractivity contribution in [1.82, 2.24) is 4.98 Å². The molecule has 0 spiro atoms. The molecule has 0 bridgehead atoms. The van der Waals surface area contributed by atoms with Crippen LogP contribution in [0, 0.1) is 12.8 Å². The highest BCUT2D eigenvalue weighted by Crippen LogP contribution is 2.32. The van der Waals surface area contributed by atoms with Crippen LogP contribution < -0.4 is 4.90 Å². The van der Waals surface area contributed by atoms with Crippen LogP contribution in [0.5, 0.6) is 0 Å². The number of benzene rings is 1. The van der Waals surface area contributed by atoms with Gasteiger partial charge in [0.25, 0.3) is 0 Å². The zero-order valence-electron chi connectivity index (χ0n) is 11.2. The molecule has 0 saturated carbocycles. The molecule has 102 valence electrons. The fraction of sp³-hybridized carbons (Fsp3) is 0.533. The normalized spacial score (nSPS) is 17.3. The minimum atomic E-state index is 0.797. The zero-order chi connectivity index (χ0) is 13.2. The van der Waals surface area contributed by atoms with Gasteiger partial charge in [0.1, 0.15) is 0 Å². The van der Waals surface area contributed by atoms with Gasteiger partial charge >= 0.3 is 0 Å². The summed E-state index contributed by atoms with van der Waals surface area (Å²) in [7, 11) is 0. The third-order valence-electron chi connectivity index (χ3n) is 3.94. The van der Waals surface area contributed by atoms with E-state index in [4.69, 9.17) is 16.6 Å². The van der Waals surface area contributed by atoms with E-state index >= 15 is 0 Å². The fourth-order valence-corrected chi connectivity index (χ4v) is 4.15. The molecule has 3 rings (SSSR count). The molecule has 2 aromatic rings. The fourth-order valence-electron chi connectivity index (χ4n) is 2.72. The van der Waals surface area contributed by atoms with E-state index in [0.29, 0.717) is 0 Å². The van der Waals surface area contributed by atoms with Gasteiger partial charge in [0.15, 0.2) is 5.13 Å². The van der Waals surface area contributed by atoms with Crippen molar-refractivity contribution >= 4 is 38.3 Å². The van der Waals surface area contributed by atoms with Crippen LogP contribution in [0.2, 0.25) is 0 Å². The van der Waals surface area contributed by atoms with Crippen LogP contribution >= 0.6 is 22.9 Å². The van der Waals surface area contributed by atoms with Crippen molar-refractivity contribution in [3.63, 3.8) is 0 Å². The number of aromatic nitrogens is 1. The molecule has 0 amide bonds. The predicted octanol–water partition coefficient (Wildman–Crippen LogP) is 4.45. The molecule has 1 aromatic carbocycles. The van der Waals surface area contributed by atoms with Crippen LogP contribution in [0.1, 0.15) is 24.8 Å². The third-order valence-corrected chi connectivity index (χ3v) is 5.23. The summed E-state index contributed by atoms with van der Waals surface area (Å²) >= 11 is 7.65. The molecule has 1 aliphatic heterocycles. The summed E-state index contributed by atoms with van der Waals surface area (Å²) in [6.07, 6.45) is 3.66. The minimum Gasteiger partial charge on any atom is -0.348 e. The lowest BCUT2D eigenvalue weighted by atomic mass is 9.95. The Labute approximate surface area is 123 Å². The minimum absolute atomic E-state index is 0.797. The van der Waals surface area contributed by atoms with Crippen molar-refractivity contribution in [2.75, 3.05) is 23.9 Å². The second-order valence-electron chi connectivity index (χ2n) is 5.38. The first kappa shape index (κ1) is 13.2. The topological polar surface area (TPSA) is 16.1 Å². The molecule has 2 nitrogen and oxygen atoms in total. The number of piperidine rings is 1. The standard InChI is InChI=1S/C15H19ClN2S/c1-11-2-3-13-14(10-11)19-15(17-13)18-8-5-12(4-7-16)6-9-18/h2-3,10,12H,4-9H2,1H3. The highest BCUT2D eigenvalue weighted by molar-refractivity contribution is 7.22. The molecule has 0 atom stereocenters. The Morgan fingerprint density at radius 3 is 2.89 bits per heavy atom. The van der Waals surface area contributed by atoms with E-state index < -0.39 is 0 Å². The van der Waals surface area contributed by atoms with Crippen molar-refractivity contribution in [3.8, 4) is 0 Å². The molecule has 0 aliphatic carbocycles. The van der Waals surface area contributed by atoms with Crippen LogP contribution in [0.3, 0.4) is 0 Å². The average molecular weight is 295 g/mol. The predicted molar refractivity (Wildman–Crippen MR) is 84.6 cm³/mol. The maximum atomic E-state index is 5.83. The third kappa shape index (κ3) is 2.87. The number of thiazole rings is 1. The summed E-state index contributed by atoms with van der Waals surface area (Å²) in [6, 6.07) is 6.50. The smallest absolute Gasteiger partial charge is 0.186 e. The molecule has 19 heavy (non-hydrogen) atoms. The highest BCUT2D eigenvalue weighted by Gasteiger charge is 2.21. The van der Waals surface area contributed by atoms with Gasteiger partial charge in [-0.1, -0.05) is 17.4 Å². The summed E-state index contributed by atoms with van der Waals surface area (Å²) in [5, 5.41) is 1.19. The van der Waals surface area contributed by atoms with E-state index in [9.17, 15) is 0 Å². The molecular formula is C15H19ClN2S. The van der Waals surface area contributed by atoms with E-state index in [0.717, 1.165) is 36.8 Å². The van der Waals surface area contributed by atoms with Gasteiger partial charge < -0.3 is 4.90 Å². The number of fused-ring (bicyclic) bond motifs is 1. The Kier molecular flexibility index (Phi) is 3.94. The number of alkyl halides is 1. The summed E-state index contributed by atoms with van der Waals surface area (Å²) in [5.74, 6) is 1.61. The first-order valence-electron chi connectivity index (χ1n) is 6.94. The second-order valence-corrected chi connectivity index (χ2v) is 6.76. The molecule has 2 heterocycles. The monoisotopic (exact) mass is 294 g/mol. The molecule has 0 N–H and O–H groups in total.